The normalized spacial score (nSPS) is 14.5. The molecule has 0 heterocycles. The van der Waals surface area contributed by atoms with Gasteiger partial charge in [-0.1, -0.05) is 42.1 Å². The van der Waals surface area contributed by atoms with Crippen molar-refractivity contribution in [3.63, 3.8) is 0 Å². The number of hydrogen-bond donors (Lipinski definition) is 1. The van der Waals surface area contributed by atoms with E-state index in [4.69, 9.17) is 27.9 Å². The molecule has 0 bridgehead atoms. The van der Waals surface area contributed by atoms with Crippen LogP contribution in [0.4, 0.5) is 5.69 Å². The van der Waals surface area contributed by atoms with E-state index >= 15 is 0 Å². The number of ether oxygens (including phenoxy) is 1. The summed E-state index contributed by atoms with van der Waals surface area (Å²) in [6.07, 6.45) is 3.91. The van der Waals surface area contributed by atoms with Crippen molar-refractivity contribution < 1.29 is 17.9 Å². The molecule has 0 radical (unpaired) electrons. The smallest absolute Gasteiger partial charge is 0.268 e. The SMILES string of the molecule is COc1ccc(C)cc1S(=O)(=O)N(CC(=O)NC1CCCC1)c1ccc(Cl)c(Cl)c1. The van der Waals surface area contributed by atoms with Crippen molar-refractivity contribution in [2.45, 2.75) is 43.5 Å². The molecule has 9 heteroatoms. The van der Waals surface area contributed by atoms with E-state index in [0.29, 0.717) is 5.02 Å². The zero-order chi connectivity index (χ0) is 21.9. The monoisotopic (exact) mass is 470 g/mol. The van der Waals surface area contributed by atoms with Crippen molar-refractivity contribution in [3.8, 4) is 5.75 Å². The minimum Gasteiger partial charge on any atom is -0.495 e. The minimum atomic E-state index is -4.13. The second-order valence-electron chi connectivity index (χ2n) is 7.31. The van der Waals surface area contributed by atoms with Crippen LogP contribution in [0.2, 0.25) is 10.0 Å². The van der Waals surface area contributed by atoms with Crippen molar-refractivity contribution in [2.75, 3.05) is 18.0 Å². The number of carbonyl (C=O) groups is 1. The lowest BCUT2D eigenvalue weighted by Gasteiger charge is -2.26. The Bertz CT molecular complexity index is 1040. The van der Waals surface area contributed by atoms with Gasteiger partial charge in [-0.25, -0.2) is 8.42 Å². The number of halogens is 2. The van der Waals surface area contributed by atoms with E-state index in [1.165, 1.54) is 31.4 Å². The summed E-state index contributed by atoms with van der Waals surface area (Å²) < 4.78 is 33.6. The molecule has 0 unspecified atom stereocenters. The highest BCUT2D eigenvalue weighted by atomic mass is 35.5. The van der Waals surface area contributed by atoms with Crippen LogP contribution in [-0.4, -0.2) is 34.0 Å². The molecule has 0 atom stereocenters. The predicted octanol–water partition coefficient (Wildman–Crippen LogP) is 4.56. The van der Waals surface area contributed by atoms with Crippen molar-refractivity contribution >= 4 is 44.8 Å². The number of benzene rings is 2. The molecular weight excluding hydrogens is 447 g/mol. The number of nitrogens with zero attached hydrogens (tertiary/aromatic N) is 1. The van der Waals surface area contributed by atoms with E-state index in [-0.39, 0.29) is 39.8 Å². The van der Waals surface area contributed by atoms with Gasteiger partial charge in [-0.3, -0.25) is 9.10 Å². The molecule has 0 spiro atoms. The molecule has 30 heavy (non-hydrogen) atoms. The first-order valence-electron chi connectivity index (χ1n) is 9.64. The second kappa shape index (κ2) is 9.45. The highest BCUT2D eigenvalue weighted by Crippen LogP contribution is 2.33. The largest absolute Gasteiger partial charge is 0.495 e. The third kappa shape index (κ3) is 5.02. The lowest BCUT2D eigenvalue weighted by atomic mass is 10.2. The first-order chi connectivity index (χ1) is 14.2. The molecule has 0 aliphatic heterocycles. The average Bonchev–Trinajstić information content (AvgIpc) is 3.21. The molecule has 1 aliphatic rings. The number of anilines is 1. The first kappa shape index (κ1) is 22.7. The second-order valence-corrected chi connectivity index (χ2v) is 9.96. The molecule has 1 N–H and O–H groups in total. The van der Waals surface area contributed by atoms with Crippen molar-refractivity contribution in [1.29, 1.82) is 0 Å². The fourth-order valence-corrected chi connectivity index (χ4v) is 5.48. The molecular formula is C21H24Cl2N2O4S. The fraction of sp³-hybridized carbons (Fsp3) is 0.381. The van der Waals surface area contributed by atoms with Gasteiger partial charge in [-0.15, -0.1) is 0 Å². The molecule has 162 valence electrons. The Morgan fingerprint density at radius 2 is 1.83 bits per heavy atom. The van der Waals surface area contributed by atoms with Gasteiger partial charge in [0.2, 0.25) is 5.91 Å². The van der Waals surface area contributed by atoms with Gasteiger partial charge in [-0.05, 0) is 55.7 Å². The van der Waals surface area contributed by atoms with Gasteiger partial charge < -0.3 is 10.1 Å². The molecule has 3 rings (SSSR count). The molecule has 1 fully saturated rings. The van der Waals surface area contributed by atoms with E-state index in [9.17, 15) is 13.2 Å². The van der Waals surface area contributed by atoms with E-state index < -0.39 is 10.0 Å². The summed E-state index contributed by atoms with van der Waals surface area (Å²) in [6.45, 7) is 1.41. The number of sulfonamides is 1. The molecule has 6 nitrogen and oxygen atoms in total. The summed E-state index contributed by atoms with van der Waals surface area (Å²) in [4.78, 5) is 12.7. The minimum absolute atomic E-state index is 0.0234. The van der Waals surface area contributed by atoms with Gasteiger partial charge in [0, 0.05) is 6.04 Å². The van der Waals surface area contributed by atoms with E-state index in [1.807, 2.05) is 0 Å². The fourth-order valence-electron chi connectivity index (χ4n) is 3.53. The van der Waals surface area contributed by atoms with Crippen molar-refractivity contribution in [3.05, 3.63) is 52.0 Å². The van der Waals surface area contributed by atoms with E-state index in [2.05, 4.69) is 5.32 Å². The van der Waals surface area contributed by atoms with Gasteiger partial charge in [0.05, 0.1) is 22.8 Å². The number of methoxy groups -OCH3 is 1. The summed E-state index contributed by atoms with van der Waals surface area (Å²) in [6, 6.07) is 9.41. The Labute approximate surface area is 187 Å². The third-order valence-electron chi connectivity index (χ3n) is 5.09. The highest BCUT2D eigenvalue weighted by molar-refractivity contribution is 7.93. The summed E-state index contributed by atoms with van der Waals surface area (Å²) >= 11 is 12.1. The Morgan fingerprint density at radius 1 is 1.13 bits per heavy atom. The van der Waals surface area contributed by atoms with Crippen molar-refractivity contribution in [1.82, 2.24) is 5.32 Å². The molecule has 1 aliphatic carbocycles. The lowest BCUT2D eigenvalue weighted by molar-refractivity contribution is -0.120. The van der Waals surface area contributed by atoms with Crippen LogP contribution >= 0.6 is 23.2 Å². The maximum absolute atomic E-state index is 13.6. The third-order valence-corrected chi connectivity index (χ3v) is 7.62. The van der Waals surface area contributed by atoms with Gasteiger partial charge >= 0.3 is 0 Å². The molecule has 0 aromatic heterocycles. The van der Waals surface area contributed by atoms with Crippen LogP contribution in [0.5, 0.6) is 5.75 Å². The van der Waals surface area contributed by atoms with E-state index in [1.54, 1.807) is 19.1 Å². The van der Waals surface area contributed by atoms with Crippen LogP contribution in [0.15, 0.2) is 41.3 Å². The Morgan fingerprint density at radius 3 is 2.47 bits per heavy atom. The van der Waals surface area contributed by atoms with Gasteiger partial charge in [0.25, 0.3) is 10.0 Å². The molecule has 1 amide bonds. The first-order valence-corrected chi connectivity index (χ1v) is 11.8. The van der Waals surface area contributed by atoms with Gasteiger partial charge in [0.15, 0.2) is 0 Å². The van der Waals surface area contributed by atoms with Crippen LogP contribution in [0, 0.1) is 6.92 Å². The number of hydrogen-bond acceptors (Lipinski definition) is 4. The standard InChI is InChI=1S/C21H24Cl2N2O4S/c1-14-7-10-19(29-2)20(11-14)30(27,28)25(16-8-9-17(22)18(23)12-16)13-21(26)24-15-5-3-4-6-15/h7-12,15H,3-6,13H2,1-2H3,(H,24,26). The van der Waals surface area contributed by atoms with Gasteiger partial charge in [0.1, 0.15) is 17.2 Å². The molecule has 1 saturated carbocycles. The maximum Gasteiger partial charge on any atom is 0.268 e. The number of rotatable bonds is 7. The zero-order valence-corrected chi connectivity index (χ0v) is 19.1. The summed E-state index contributed by atoms with van der Waals surface area (Å²) in [7, 11) is -2.73. The van der Waals surface area contributed by atoms with Crippen LogP contribution in [0.1, 0.15) is 31.2 Å². The zero-order valence-electron chi connectivity index (χ0n) is 16.8. The van der Waals surface area contributed by atoms with Crippen molar-refractivity contribution in [2.24, 2.45) is 0 Å². The number of nitrogens with one attached hydrogen (secondary N) is 1. The molecule has 2 aromatic carbocycles. The van der Waals surface area contributed by atoms with Crippen LogP contribution in [0.3, 0.4) is 0 Å². The Kier molecular flexibility index (Phi) is 7.16. The van der Waals surface area contributed by atoms with Crippen LogP contribution in [-0.2, 0) is 14.8 Å². The number of amides is 1. The highest BCUT2D eigenvalue weighted by Gasteiger charge is 2.31. The summed E-state index contributed by atoms with van der Waals surface area (Å²) in [5.74, 6) is -0.176. The van der Waals surface area contributed by atoms with Gasteiger partial charge in [-0.2, -0.15) is 0 Å². The Balaban J connectivity index is 2.02. The Hall–Kier alpha value is -1.96. The predicted molar refractivity (Wildman–Crippen MR) is 119 cm³/mol. The molecule has 2 aromatic rings. The van der Waals surface area contributed by atoms with Crippen LogP contribution < -0.4 is 14.4 Å². The lowest BCUT2D eigenvalue weighted by Crippen LogP contribution is -2.43. The molecule has 0 saturated heterocycles. The maximum atomic E-state index is 13.6. The van der Waals surface area contributed by atoms with E-state index in [0.717, 1.165) is 35.6 Å². The average molecular weight is 471 g/mol. The topological polar surface area (TPSA) is 75.7 Å². The number of aryl methyl sites for hydroxylation is 1. The number of carbonyl (C=O) groups excluding carboxylic acids is 1. The summed E-state index contributed by atoms with van der Waals surface area (Å²) in [5, 5.41) is 3.42. The quantitative estimate of drug-likeness (QED) is 0.642. The summed E-state index contributed by atoms with van der Waals surface area (Å²) in [5.41, 5.74) is 0.994. The van der Waals surface area contributed by atoms with Crippen LogP contribution in [0.25, 0.3) is 0 Å².